The number of carbonyl (C=O) groups is 1. The molecule has 0 amide bonds. The Bertz CT molecular complexity index is 853. The summed E-state index contributed by atoms with van der Waals surface area (Å²) in [6, 6.07) is 0. The molecule has 4 aliphatic carbocycles. The first-order chi connectivity index (χ1) is 17.0. The quantitative estimate of drug-likeness (QED) is 0.291. The number of ether oxygens (including phenoxy) is 1. The van der Waals surface area contributed by atoms with Crippen LogP contribution in [0.15, 0.2) is 0 Å². The van der Waals surface area contributed by atoms with Crippen LogP contribution >= 0.6 is 0 Å². The summed E-state index contributed by atoms with van der Waals surface area (Å²) in [5, 5.41) is 24.4. The molecule has 0 radical (unpaired) electrons. The normalized spacial score (nSPS) is 44.9. The minimum absolute atomic E-state index is 0.0526. The second-order valence-corrected chi connectivity index (χ2v) is 20.3. The first kappa shape index (κ1) is 29.5. The number of hydrogen-bond acceptors (Lipinski definition) is 5. The number of aliphatic hydroxyl groups is 2. The van der Waals surface area contributed by atoms with Gasteiger partial charge >= 0.3 is 5.97 Å². The van der Waals surface area contributed by atoms with Gasteiger partial charge in [0.2, 0.25) is 0 Å². The van der Waals surface area contributed by atoms with Gasteiger partial charge in [-0.2, -0.15) is 0 Å². The van der Waals surface area contributed by atoms with Gasteiger partial charge in [-0.1, -0.05) is 41.5 Å². The van der Waals surface area contributed by atoms with Crippen molar-refractivity contribution in [2.45, 2.75) is 142 Å². The van der Waals surface area contributed by atoms with E-state index in [1.807, 2.05) is 0 Å². The van der Waals surface area contributed by atoms with Crippen molar-refractivity contribution in [3.8, 4) is 0 Å². The molecule has 5 nitrogen and oxygen atoms in total. The molecule has 0 saturated heterocycles. The molecular weight excluding hydrogens is 480 g/mol. The van der Waals surface area contributed by atoms with Crippen LogP contribution in [0, 0.1) is 40.4 Å². The second-order valence-electron chi connectivity index (χ2n) is 15.5. The van der Waals surface area contributed by atoms with Crippen molar-refractivity contribution in [3.63, 3.8) is 0 Å². The third-order valence-electron chi connectivity index (χ3n) is 12.9. The van der Waals surface area contributed by atoms with E-state index in [2.05, 4.69) is 54.6 Å². The van der Waals surface area contributed by atoms with E-state index in [1.165, 1.54) is 7.11 Å². The Morgan fingerprint density at radius 2 is 1.76 bits per heavy atom. The summed E-state index contributed by atoms with van der Waals surface area (Å²) in [7, 11) is -0.377. The minimum atomic E-state index is -1.83. The van der Waals surface area contributed by atoms with E-state index in [-0.39, 0.29) is 27.8 Å². The Kier molecular flexibility index (Phi) is 7.89. The molecular formula is C31H56O5Si. The van der Waals surface area contributed by atoms with E-state index in [0.717, 1.165) is 57.8 Å². The van der Waals surface area contributed by atoms with Crippen LogP contribution in [0.2, 0.25) is 18.1 Å². The smallest absolute Gasteiger partial charge is 0.305 e. The number of hydrogen-bond donors (Lipinski definition) is 2. The Morgan fingerprint density at radius 1 is 1.08 bits per heavy atom. The number of carbonyl (C=O) groups excluding carboxylic acids is 1. The molecule has 0 aromatic carbocycles. The molecule has 0 spiro atoms. The van der Waals surface area contributed by atoms with Crippen molar-refractivity contribution in [1.82, 2.24) is 0 Å². The van der Waals surface area contributed by atoms with Crippen LogP contribution in [0.1, 0.15) is 106 Å². The van der Waals surface area contributed by atoms with E-state index < -0.39 is 20.0 Å². The Hall–Kier alpha value is -0.433. The zero-order valence-electron chi connectivity index (χ0n) is 25.2. The van der Waals surface area contributed by atoms with Gasteiger partial charge in [-0.25, -0.2) is 0 Å². The second kappa shape index (κ2) is 9.89. The average Bonchev–Trinajstić information content (AvgIpc) is 3.08. The molecule has 4 rings (SSSR count). The zero-order chi connectivity index (χ0) is 27.6. The standard InChI is InChI=1S/C31H56O5Si/c1-20(10-11-26(33)35-7)23-14-17-31(34)27-24(13-16-30(23,31)6)29(5)15-12-22(18-21(29)19-25(27)32)36-37(8,9)28(2,3)4/h20-25,27,32,34H,10-19H2,1-9H3/t20-,21+,22-,23-,24+,25-,27+,29+,30-,31-/m1/s1. The first-order valence-corrected chi connectivity index (χ1v) is 18.1. The summed E-state index contributed by atoms with van der Waals surface area (Å²) in [5.41, 5.74) is -0.888. The topological polar surface area (TPSA) is 76.0 Å². The molecule has 4 fully saturated rings. The van der Waals surface area contributed by atoms with Crippen molar-refractivity contribution in [1.29, 1.82) is 0 Å². The third-order valence-corrected chi connectivity index (χ3v) is 17.4. The number of rotatable bonds is 6. The highest BCUT2D eigenvalue weighted by atomic mass is 28.4. The van der Waals surface area contributed by atoms with E-state index in [4.69, 9.17) is 9.16 Å². The number of esters is 1. The van der Waals surface area contributed by atoms with Crippen LogP contribution in [-0.4, -0.2) is 49.4 Å². The van der Waals surface area contributed by atoms with Gasteiger partial charge in [-0.05, 0) is 110 Å². The lowest BCUT2D eigenvalue weighted by atomic mass is 9.42. The van der Waals surface area contributed by atoms with Gasteiger partial charge in [0.1, 0.15) is 0 Å². The van der Waals surface area contributed by atoms with Crippen molar-refractivity contribution >= 4 is 14.3 Å². The lowest BCUT2D eigenvalue weighted by molar-refractivity contribution is -0.244. The van der Waals surface area contributed by atoms with E-state index in [1.54, 1.807) is 0 Å². The van der Waals surface area contributed by atoms with Crippen molar-refractivity contribution in [2.24, 2.45) is 40.4 Å². The Labute approximate surface area is 227 Å². The molecule has 4 saturated carbocycles. The molecule has 0 aliphatic heterocycles. The highest BCUT2D eigenvalue weighted by molar-refractivity contribution is 6.74. The summed E-state index contributed by atoms with van der Waals surface area (Å²) in [6.07, 6.45) is 9.00. The SMILES string of the molecule is COC(=O)CC[C@@H](C)[C@H]1CC[C@@]2(O)[C@@H]3[C@H](O)C[C@@H]4C[C@H](O[Si](C)(C)C(C)(C)C)CC[C@]4(C)[C@H]3CC[C@]12C. The van der Waals surface area contributed by atoms with Crippen molar-refractivity contribution in [2.75, 3.05) is 7.11 Å². The molecule has 0 bridgehead atoms. The van der Waals surface area contributed by atoms with E-state index in [9.17, 15) is 15.0 Å². The van der Waals surface area contributed by atoms with Gasteiger partial charge in [0, 0.05) is 18.4 Å². The highest BCUT2D eigenvalue weighted by Gasteiger charge is 2.69. The Balaban J connectivity index is 1.52. The third kappa shape index (κ3) is 4.78. The van der Waals surface area contributed by atoms with Gasteiger partial charge in [0.05, 0.1) is 18.8 Å². The first-order valence-electron chi connectivity index (χ1n) is 15.2. The monoisotopic (exact) mass is 536 g/mol. The fourth-order valence-corrected chi connectivity index (χ4v) is 10.9. The number of aliphatic hydroxyl groups excluding tert-OH is 1. The maximum atomic E-state index is 12.5. The summed E-state index contributed by atoms with van der Waals surface area (Å²) < 4.78 is 11.8. The van der Waals surface area contributed by atoms with Crippen molar-refractivity contribution < 1.29 is 24.2 Å². The van der Waals surface area contributed by atoms with Crippen LogP contribution in [0.25, 0.3) is 0 Å². The molecule has 0 heterocycles. The van der Waals surface area contributed by atoms with Gasteiger partial charge in [-0.3, -0.25) is 4.79 Å². The van der Waals surface area contributed by atoms with Gasteiger partial charge in [0.15, 0.2) is 8.32 Å². The predicted molar refractivity (Wildman–Crippen MR) is 151 cm³/mol. The maximum Gasteiger partial charge on any atom is 0.305 e. The van der Waals surface area contributed by atoms with Crippen molar-refractivity contribution in [3.05, 3.63) is 0 Å². The summed E-state index contributed by atoms with van der Waals surface area (Å²) in [6.45, 7) is 18.7. The lowest BCUT2D eigenvalue weighted by Crippen LogP contribution is -2.66. The molecule has 2 N–H and O–H groups in total. The van der Waals surface area contributed by atoms with Crippen LogP contribution in [0.4, 0.5) is 0 Å². The zero-order valence-corrected chi connectivity index (χ0v) is 26.2. The van der Waals surface area contributed by atoms with E-state index in [0.29, 0.717) is 36.2 Å². The number of fused-ring (bicyclic) bond motifs is 5. The summed E-state index contributed by atoms with van der Waals surface area (Å²) in [5.74, 6) is 1.33. The van der Waals surface area contributed by atoms with Crippen LogP contribution in [-0.2, 0) is 14.0 Å². The van der Waals surface area contributed by atoms with Crippen LogP contribution in [0.3, 0.4) is 0 Å². The summed E-state index contributed by atoms with van der Waals surface area (Å²) >= 11 is 0. The van der Waals surface area contributed by atoms with Crippen LogP contribution in [0.5, 0.6) is 0 Å². The average molecular weight is 537 g/mol. The molecule has 4 aliphatic rings. The fourth-order valence-electron chi connectivity index (χ4n) is 9.48. The molecule has 37 heavy (non-hydrogen) atoms. The minimum Gasteiger partial charge on any atom is -0.469 e. The predicted octanol–water partition coefficient (Wildman–Crippen LogP) is 6.71. The Morgan fingerprint density at radius 3 is 2.38 bits per heavy atom. The largest absolute Gasteiger partial charge is 0.469 e. The molecule has 0 aromatic rings. The number of methoxy groups -OCH3 is 1. The molecule has 10 atom stereocenters. The summed E-state index contributed by atoms with van der Waals surface area (Å²) in [4.78, 5) is 11.8. The molecule has 0 unspecified atom stereocenters. The lowest BCUT2D eigenvalue weighted by Gasteiger charge is -2.65. The van der Waals surface area contributed by atoms with Gasteiger partial charge in [-0.15, -0.1) is 0 Å². The molecule has 0 aromatic heterocycles. The van der Waals surface area contributed by atoms with Crippen LogP contribution < -0.4 is 0 Å². The highest BCUT2D eigenvalue weighted by Crippen LogP contribution is 2.70. The molecule has 6 heteroatoms. The van der Waals surface area contributed by atoms with Gasteiger partial charge in [0.25, 0.3) is 0 Å². The molecule has 214 valence electrons. The van der Waals surface area contributed by atoms with E-state index >= 15 is 0 Å². The van der Waals surface area contributed by atoms with Gasteiger partial charge < -0.3 is 19.4 Å². The fraction of sp³-hybridized carbons (Fsp3) is 0.968. The maximum absolute atomic E-state index is 12.5.